The van der Waals surface area contributed by atoms with Gasteiger partial charge in [0.2, 0.25) is 11.8 Å². The van der Waals surface area contributed by atoms with Gasteiger partial charge in [-0.1, -0.05) is 50.6 Å². The molecule has 0 bridgehead atoms. The van der Waals surface area contributed by atoms with Crippen LogP contribution >= 0.6 is 11.8 Å². The summed E-state index contributed by atoms with van der Waals surface area (Å²) in [7, 11) is 1.33. The lowest BCUT2D eigenvalue weighted by molar-refractivity contribution is -0.147. The molecule has 2 rings (SSSR count). The molecule has 1 aromatic carbocycles. The maximum absolute atomic E-state index is 13.3. The van der Waals surface area contributed by atoms with Gasteiger partial charge in [0.25, 0.3) is 0 Å². The molecule has 1 fully saturated rings. The Labute approximate surface area is 213 Å². The highest BCUT2D eigenvalue weighted by atomic mass is 32.2. The lowest BCUT2D eigenvalue weighted by Crippen LogP contribution is -2.50. The van der Waals surface area contributed by atoms with Gasteiger partial charge in [-0.25, -0.2) is 4.79 Å². The molecule has 0 aliphatic carbocycles. The minimum absolute atomic E-state index is 0.0245. The summed E-state index contributed by atoms with van der Waals surface area (Å²) in [6.45, 7) is 5.28. The molecule has 9 heteroatoms. The molecule has 1 aromatic rings. The molecule has 5 atom stereocenters. The van der Waals surface area contributed by atoms with Gasteiger partial charge in [0.05, 0.1) is 13.7 Å². The summed E-state index contributed by atoms with van der Waals surface area (Å²) in [6, 6.07) is 9.14. The maximum Gasteiger partial charge on any atom is 0.328 e. The molecule has 8 nitrogen and oxygen atoms in total. The van der Waals surface area contributed by atoms with E-state index < -0.39 is 18.1 Å². The first-order valence-electron chi connectivity index (χ1n) is 12.4. The number of carbonyl (C=O) groups excluding carboxylic acids is 3. The zero-order valence-corrected chi connectivity index (χ0v) is 22.2. The molecule has 3 N–H and O–H groups in total. The summed E-state index contributed by atoms with van der Waals surface area (Å²) in [5.41, 5.74) is 0.980. The van der Waals surface area contributed by atoms with E-state index in [1.54, 1.807) is 11.8 Å². The Hall–Kier alpha value is -2.10. The number of thioether (sulfide) groups is 1. The summed E-state index contributed by atoms with van der Waals surface area (Å²) >= 11 is 1.61. The standard InChI is InChI=1S/C26H41N3O5S/c1-5-18(2)22(27-16-20-11-12-24(30)28-20)17-34-23(15-19-9-7-6-8-10-19)25(31)29-21(13-14-35-4)26(32)33-3/h6-10,18,20-23,27H,5,11-17H2,1-4H3,(H,28,30)(H,29,31)/t18-,20-,21-,22+,23?/m0/s1. The van der Waals surface area contributed by atoms with Gasteiger partial charge in [-0.15, -0.1) is 0 Å². The molecule has 0 aromatic heterocycles. The molecular weight excluding hydrogens is 466 g/mol. The van der Waals surface area contributed by atoms with Gasteiger partial charge in [-0.2, -0.15) is 11.8 Å². The monoisotopic (exact) mass is 507 g/mol. The van der Waals surface area contributed by atoms with Gasteiger partial charge in [0.15, 0.2) is 0 Å². The molecule has 0 spiro atoms. The second kappa shape index (κ2) is 15.8. The van der Waals surface area contributed by atoms with Crippen molar-refractivity contribution in [3.05, 3.63) is 35.9 Å². The molecule has 1 saturated heterocycles. The number of amides is 2. The molecule has 1 unspecified atom stereocenters. The van der Waals surface area contributed by atoms with Crippen LogP contribution in [0, 0.1) is 5.92 Å². The Bertz CT molecular complexity index is 794. The van der Waals surface area contributed by atoms with E-state index in [9.17, 15) is 14.4 Å². The number of hydrogen-bond acceptors (Lipinski definition) is 7. The van der Waals surface area contributed by atoms with Crippen molar-refractivity contribution in [1.82, 2.24) is 16.0 Å². The number of esters is 1. The number of carbonyl (C=O) groups is 3. The molecule has 196 valence electrons. The van der Waals surface area contributed by atoms with Crippen LogP contribution in [0.15, 0.2) is 30.3 Å². The number of rotatable bonds is 16. The van der Waals surface area contributed by atoms with E-state index in [1.807, 2.05) is 36.6 Å². The van der Waals surface area contributed by atoms with Crippen molar-refractivity contribution in [2.45, 2.75) is 70.2 Å². The van der Waals surface area contributed by atoms with Crippen LogP contribution < -0.4 is 16.0 Å². The van der Waals surface area contributed by atoms with Gasteiger partial charge < -0.3 is 25.4 Å². The Morgan fingerprint density at radius 2 is 2.00 bits per heavy atom. The van der Waals surface area contributed by atoms with Gasteiger partial charge in [-0.3, -0.25) is 9.59 Å². The van der Waals surface area contributed by atoms with E-state index in [4.69, 9.17) is 9.47 Å². The summed E-state index contributed by atoms with van der Waals surface area (Å²) in [5, 5.41) is 9.38. The second-order valence-corrected chi connectivity index (χ2v) is 10.1. The Morgan fingerprint density at radius 3 is 2.60 bits per heavy atom. The third kappa shape index (κ3) is 10.2. The maximum atomic E-state index is 13.3. The summed E-state index contributed by atoms with van der Waals surface area (Å²) in [5.74, 6) is 0.355. The van der Waals surface area contributed by atoms with Crippen molar-refractivity contribution in [3.8, 4) is 0 Å². The van der Waals surface area contributed by atoms with Crippen LogP contribution in [0.2, 0.25) is 0 Å². The van der Waals surface area contributed by atoms with E-state index in [-0.39, 0.29) is 23.9 Å². The van der Waals surface area contributed by atoms with Crippen molar-refractivity contribution in [2.24, 2.45) is 5.92 Å². The zero-order valence-electron chi connectivity index (χ0n) is 21.4. The summed E-state index contributed by atoms with van der Waals surface area (Å²) in [6.07, 6.45) is 4.43. The lowest BCUT2D eigenvalue weighted by atomic mass is 9.99. The van der Waals surface area contributed by atoms with Crippen LogP contribution in [0.3, 0.4) is 0 Å². The highest BCUT2D eigenvalue weighted by Crippen LogP contribution is 2.14. The zero-order chi connectivity index (χ0) is 25.6. The van der Waals surface area contributed by atoms with Crippen LogP contribution in [-0.4, -0.2) is 74.3 Å². The molecule has 35 heavy (non-hydrogen) atoms. The van der Waals surface area contributed by atoms with Crippen molar-refractivity contribution >= 4 is 29.5 Å². The predicted octanol–water partition coefficient (Wildman–Crippen LogP) is 2.31. The number of hydrogen-bond donors (Lipinski definition) is 3. The predicted molar refractivity (Wildman–Crippen MR) is 139 cm³/mol. The normalized spacial score (nSPS) is 18.9. The number of nitrogens with one attached hydrogen (secondary N) is 3. The molecule has 1 aliphatic rings. The highest BCUT2D eigenvalue weighted by Gasteiger charge is 2.29. The van der Waals surface area contributed by atoms with Crippen LogP contribution in [-0.2, 0) is 30.3 Å². The number of methoxy groups -OCH3 is 1. The average molecular weight is 508 g/mol. The third-order valence-electron chi connectivity index (χ3n) is 6.49. The van der Waals surface area contributed by atoms with Gasteiger partial charge in [-0.05, 0) is 36.3 Å². The van der Waals surface area contributed by atoms with E-state index in [2.05, 4.69) is 29.8 Å². The van der Waals surface area contributed by atoms with Crippen molar-refractivity contribution in [1.29, 1.82) is 0 Å². The molecular formula is C26H41N3O5S. The Morgan fingerprint density at radius 1 is 1.26 bits per heavy atom. The quantitative estimate of drug-likeness (QED) is 0.295. The minimum Gasteiger partial charge on any atom is -0.467 e. The van der Waals surface area contributed by atoms with Gasteiger partial charge >= 0.3 is 5.97 Å². The fourth-order valence-corrected chi connectivity index (χ4v) is 4.47. The average Bonchev–Trinajstić information content (AvgIpc) is 3.30. The van der Waals surface area contributed by atoms with Crippen molar-refractivity contribution < 1.29 is 23.9 Å². The van der Waals surface area contributed by atoms with E-state index in [0.29, 0.717) is 38.3 Å². The molecule has 0 radical (unpaired) electrons. The van der Waals surface area contributed by atoms with Gasteiger partial charge in [0.1, 0.15) is 12.1 Å². The summed E-state index contributed by atoms with van der Waals surface area (Å²) < 4.78 is 11.1. The minimum atomic E-state index is -0.752. The molecule has 1 heterocycles. The topological polar surface area (TPSA) is 106 Å². The van der Waals surface area contributed by atoms with Crippen LogP contribution in [0.4, 0.5) is 0 Å². The fraction of sp³-hybridized carbons (Fsp3) is 0.654. The first kappa shape index (κ1) is 29.1. The lowest BCUT2D eigenvalue weighted by Gasteiger charge is -2.28. The highest BCUT2D eigenvalue weighted by molar-refractivity contribution is 7.98. The van der Waals surface area contributed by atoms with Crippen LogP contribution in [0.1, 0.15) is 45.1 Å². The van der Waals surface area contributed by atoms with Gasteiger partial charge in [0, 0.05) is 31.5 Å². The van der Waals surface area contributed by atoms with Crippen LogP contribution in [0.25, 0.3) is 0 Å². The van der Waals surface area contributed by atoms with Crippen LogP contribution in [0.5, 0.6) is 0 Å². The van der Waals surface area contributed by atoms with Crippen molar-refractivity contribution in [2.75, 3.05) is 32.3 Å². The summed E-state index contributed by atoms with van der Waals surface area (Å²) in [4.78, 5) is 37.0. The van der Waals surface area contributed by atoms with Crippen molar-refractivity contribution in [3.63, 3.8) is 0 Å². The first-order valence-corrected chi connectivity index (χ1v) is 13.8. The van der Waals surface area contributed by atoms with E-state index >= 15 is 0 Å². The Balaban J connectivity index is 2.08. The van der Waals surface area contributed by atoms with E-state index in [1.165, 1.54) is 7.11 Å². The molecule has 0 saturated carbocycles. The largest absolute Gasteiger partial charge is 0.467 e. The SMILES string of the molecule is CC[C@H](C)[C@@H](COC(Cc1ccccc1)C(=O)N[C@@H](CCSC)C(=O)OC)NC[C@@H]1CCC(=O)N1. The molecule has 2 amide bonds. The Kier molecular flexibility index (Phi) is 13.2. The second-order valence-electron chi connectivity index (χ2n) is 9.08. The molecule has 1 aliphatic heterocycles. The number of ether oxygens (including phenoxy) is 2. The first-order chi connectivity index (χ1) is 16.9. The van der Waals surface area contributed by atoms with E-state index in [0.717, 1.165) is 24.2 Å². The number of benzene rings is 1. The smallest absolute Gasteiger partial charge is 0.328 e. The fourth-order valence-electron chi connectivity index (χ4n) is 4.00. The third-order valence-corrected chi connectivity index (χ3v) is 7.13.